The van der Waals surface area contributed by atoms with Crippen LogP contribution in [0.4, 0.5) is 5.69 Å². The molecule has 2 aromatic rings. The zero-order chi connectivity index (χ0) is 20.9. The van der Waals surface area contributed by atoms with Crippen molar-refractivity contribution in [2.75, 3.05) is 25.1 Å². The van der Waals surface area contributed by atoms with Crippen LogP contribution in [0.3, 0.4) is 0 Å². The molecule has 4 rings (SSSR count). The van der Waals surface area contributed by atoms with E-state index < -0.39 is 17.9 Å². The lowest BCUT2D eigenvalue weighted by molar-refractivity contribution is -0.124. The Morgan fingerprint density at radius 3 is 2.30 bits per heavy atom. The number of nitrogens with one attached hydrogen (secondary N) is 3. The molecule has 0 saturated carbocycles. The molecule has 0 spiro atoms. The largest absolute Gasteiger partial charge is 0.486 e. The Balaban J connectivity index is 1.34. The number of amides is 3. The van der Waals surface area contributed by atoms with E-state index in [1.54, 1.807) is 36.4 Å². The fraction of sp³-hybridized carbons (Fsp3) is 0.286. The molecular formula is C21H21N3O6. The van der Waals surface area contributed by atoms with E-state index in [1.807, 2.05) is 0 Å². The van der Waals surface area contributed by atoms with Crippen molar-refractivity contribution in [3.63, 3.8) is 0 Å². The van der Waals surface area contributed by atoms with E-state index in [0.717, 1.165) is 6.42 Å². The predicted octanol–water partition coefficient (Wildman–Crippen LogP) is 1.65. The van der Waals surface area contributed by atoms with Crippen molar-refractivity contribution in [1.29, 1.82) is 0 Å². The lowest BCUT2D eigenvalue weighted by atomic mass is 10.1. The lowest BCUT2D eigenvalue weighted by Gasteiger charge is -2.18. The number of hydrogen-bond donors (Lipinski definition) is 3. The monoisotopic (exact) mass is 411 g/mol. The standard InChI is InChI=1S/C21H21N3O6/c25-19(13-3-1-4-15(11-13)22-21(27)17-5-2-8-28-17)23-24-20(26)14-6-7-16-18(12-14)30-10-9-29-16/h1,3-4,6-7,11-12,17H,2,5,8-10H2,(H,22,27)(H,23,25)(H,24,26). The van der Waals surface area contributed by atoms with Gasteiger partial charge in [0.05, 0.1) is 0 Å². The van der Waals surface area contributed by atoms with Crippen molar-refractivity contribution >= 4 is 23.4 Å². The van der Waals surface area contributed by atoms with Crippen molar-refractivity contribution in [2.45, 2.75) is 18.9 Å². The quantitative estimate of drug-likeness (QED) is 0.659. The van der Waals surface area contributed by atoms with Crippen LogP contribution in [-0.2, 0) is 9.53 Å². The zero-order valence-corrected chi connectivity index (χ0v) is 16.1. The average Bonchev–Trinajstić information content (AvgIpc) is 3.32. The third-order valence-electron chi connectivity index (χ3n) is 4.71. The Bertz CT molecular complexity index is 971. The molecule has 0 radical (unpaired) electrons. The predicted molar refractivity (Wildman–Crippen MR) is 106 cm³/mol. The number of anilines is 1. The van der Waals surface area contributed by atoms with Crippen molar-refractivity contribution in [3.05, 3.63) is 53.6 Å². The SMILES string of the molecule is O=C(NNC(=O)c1ccc2c(c1)OCCO2)c1cccc(NC(=O)C2CCCO2)c1. The number of carbonyl (C=O) groups is 3. The van der Waals surface area contributed by atoms with E-state index in [0.29, 0.717) is 49.0 Å². The molecular weight excluding hydrogens is 390 g/mol. The molecule has 156 valence electrons. The molecule has 30 heavy (non-hydrogen) atoms. The lowest BCUT2D eigenvalue weighted by Crippen LogP contribution is -2.41. The highest BCUT2D eigenvalue weighted by atomic mass is 16.6. The van der Waals surface area contributed by atoms with Crippen LogP contribution in [0.15, 0.2) is 42.5 Å². The summed E-state index contributed by atoms with van der Waals surface area (Å²) in [5, 5.41) is 2.74. The highest BCUT2D eigenvalue weighted by molar-refractivity contribution is 6.01. The molecule has 0 aliphatic carbocycles. The first-order valence-electron chi connectivity index (χ1n) is 9.63. The van der Waals surface area contributed by atoms with Crippen LogP contribution < -0.4 is 25.6 Å². The number of hydrazine groups is 1. The number of ether oxygens (including phenoxy) is 3. The van der Waals surface area contributed by atoms with Crippen molar-refractivity contribution in [1.82, 2.24) is 10.9 Å². The van der Waals surface area contributed by atoms with E-state index >= 15 is 0 Å². The summed E-state index contributed by atoms with van der Waals surface area (Å²) < 4.78 is 16.2. The maximum absolute atomic E-state index is 12.4. The van der Waals surface area contributed by atoms with Gasteiger partial charge in [0.2, 0.25) is 0 Å². The maximum Gasteiger partial charge on any atom is 0.269 e. The van der Waals surface area contributed by atoms with E-state index in [-0.39, 0.29) is 11.5 Å². The van der Waals surface area contributed by atoms with E-state index in [9.17, 15) is 14.4 Å². The van der Waals surface area contributed by atoms with Crippen LogP contribution in [0, 0.1) is 0 Å². The van der Waals surface area contributed by atoms with Gasteiger partial charge in [0, 0.05) is 23.4 Å². The minimum atomic E-state index is -0.519. The van der Waals surface area contributed by atoms with Gasteiger partial charge in [0.15, 0.2) is 11.5 Å². The maximum atomic E-state index is 12.4. The number of carbonyl (C=O) groups excluding carboxylic acids is 3. The third kappa shape index (κ3) is 4.52. The highest BCUT2D eigenvalue weighted by Crippen LogP contribution is 2.30. The summed E-state index contributed by atoms with van der Waals surface area (Å²) in [7, 11) is 0. The summed E-state index contributed by atoms with van der Waals surface area (Å²) in [6.07, 6.45) is 1.06. The highest BCUT2D eigenvalue weighted by Gasteiger charge is 2.23. The van der Waals surface area contributed by atoms with Crippen molar-refractivity contribution < 1.29 is 28.6 Å². The molecule has 2 aromatic carbocycles. The summed E-state index contributed by atoms with van der Waals surface area (Å²) in [5.74, 6) is -0.201. The molecule has 2 aliphatic rings. The average molecular weight is 411 g/mol. The van der Waals surface area contributed by atoms with Gasteiger partial charge in [-0.15, -0.1) is 0 Å². The number of fused-ring (bicyclic) bond motifs is 1. The van der Waals surface area contributed by atoms with Crippen LogP contribution >= 0.6 is 0 Å². The molecule has 2 heterocycles. The molecule has 3 N–H and O–H groups in total. The normalized spacial score (nSPS) is 17.1. The fourth-order valence-electron chi connectivity index (χ4n) is 3.19. The Kier molecular flexibility index (Phi) is 5.80. The van der Waals surface area contributed by atoms with Gasteiger partial charge in [-0.3, -0.25) is 25.2 Å². The third-order valence-corrected chi connectivity index (χ3v) is 4.71. The molecule has 1 unspecified atom stereocenters. The van der Waals surface area contributed by atoms with Crippen molar-refractivity contribution in [2.24, 2.45) is 0 Å². The second-order valence-corrected chi connectivity index (χ2v) is 6.84. The van der Waals surface area contributed by atoms with E-state index in [4.69, 9.17) is 14.2 Å². The molecule has 2 aliphatic heterocycles. The summed E-state index contributed by atoms with van der Waals surface area (Å²) >= 11 is 0. The molecule has 9 nitrogen and oxygen atoms in total. The van der Waals surface area contributed by atoms with Crippen LogP contribution in [0.5, 0.6) is 11.5 Å². The van der Waals surface area contributed by atoms with Gasteiger partial charge in [0.25, 0.3) is 17.7 Å². The van der Waals surface area contributed by atoms with Gasteiger partial charge in [-0.25, -0.2) is 0 Å². The summed E-state index contributed by atoms with van der Waals surface area (Å²) in [6.45, 7) is 1.44. The van der Waals surface area contributed by atoms with Gasteiger partial charge in [-0.05, 0) is 49.2 Å². The molecule has 9 heteroatoms. The van der Waals surface area contributed by atoms with Gasteiger partial charge in [0.1, 0.15) is 19.3 Å². The summed E-state index contributed by atoms with van der Waals surface area (Å²) in [6, 6.07) is 11.2. The molecule has 3 amide bonds. The van der Waals surface area contributed by atoms with Gasteiger partial charge < -0.3 is 19.5 Å². The van der Waals surface area contributed by atoms with Gasteiger partial charge >= 0.3 is 0 Å². The molecule has 1 atom stereocenters. The topological polar surface area (TPSA) is 115 Å². The second kappa shape index (κ2) is 8.83. The Hall–Kier alpha value is -3.59. The zero-order valence-electron chi connectivity index (χ0n) is 16.1. The number of rotatable bonds is 4. The molecule has 0 aromatic heterocycles. The minimum Gasteiger partial charge on any atom is -0.486 e. The molecule has 1 fully saturated rings. The molecule has 1 saturated heterocycles. The van der Waals surface area contributed by atoms with Crippen LogP contribution in [0.25, 0.3) is 0 Å². The van der Waals surface area contributed by atoms with Crippen LogP contribution in [0.1, 0.15) is 33.6 Å². The Morgan fingerprint density at radius 1 is 0.833 bits per heavy atom. The van der Waals surface area contributed by atoms with E-state index in [2.05, 4.69) is 16.2 Å². The minimum absolute atomic E-state index is 0.239. The summed E-state index contributed by atoms with van der Waals surface area (Å²) in [5.41, 5.74) is 5.80. The Morgan fingerprint density at radius 2 is 1.57 bits per heavy atom. The van der Waals surface area contributed by atoms with Crippen LogP contribution in [-0.4, -0.2) is 43.6 Å². The van der Waals surface area contributed by atoms with Gasteiger partial charge in [-0.1, -0.05) is 6.07 Å². The summed E-state index contributed by atoms with van der Waals surface area (Å²) in [4.78, 5) is 36.9. The smallest absolute Gasteiger partial charge is 0.269 e. The first-order chi connectivity index (χ1) is 14.6. The molecule has 0 bridgehead atoms. The Labute approximate surface area is 172 Å². The fourth-order valence-corrected chi connectivity index (χ4v) is 3.19. The van der Waals surface area contributed by atoms with Crippen LogP contribution in [0.2, 0.25) is 0 Å². The van der Waals surface area contributed by atoms with E-state index in [1.165, 1.54) is 6.07 Å². The first kappa shape index (κ1) is 19.7. The first-order valence-corrected chi connectivity index (χ1v) is 9.63. The number of benzene rings is 2. The van der Waals surface area contributed by atoms with Crippen molar-refractivity contribution in [3.8, 4) is 11.5 Å². The van der Waals surface area contributed by atoms with Gasteiger partial charge in [-0.2, -0.15) is 0 Å². The number of hydrogen-bond acceptors (Lipinski definition) is 6. The second-order valence-electron chi connectivity index (χ2n) is 6.84.